The lowest BCUT2D eigenvalue weighted by Gasteiger charge is -2.32. The zero-order chi connectivity index (χ0) is 19.7. The maximum absolute atomic E-state index is 13.4. The summed E-state index contributed by atoms with van der Waals surface area (Å²) < 4.78 is 5.58. The molecule has 142 valence electrons. The van der Waals surface area contributed by atoms with Crippen LogP contribution in [0.5, 0.6) is 5.75 Å². The van der Waals surface area contributed by atoms with Crippen LogP contribution in [0.4, 0.5) is 5.69 Å². The Morgan fingerprint density at radius 3 is 2.54 bits per heavy atom. The monoisotopic (exact) mass is 372 g/mol. The fourth-order valence-corrected chi connectivity index (χ4v) is 3.92. The highest BCUT2D eigenvalue weighted by Gasteiger charge is 2.29. The van der Waals surface area contributed by atoms with Gasteiger partial charge in [-0.05, 0) is 56.0 Å². The summed E-state index contributed by atoms with van der Waals surface area (Å²) in [5.74, 6) is 0.731. The number of fused-ring (bicyclic) bond motifs is 1. The molecule has 0 bridgehead atoms. The van der Waals surface area contributed by atoms with Gasteiger partial charge in [-0.25, -0.2) is 0 Å². The molecule has 0 atom stereocenters. The molecule has 2 heterocycles. The van der Waals surface area contributed by atoms with Crippen molar-refractivity contribution >= 4 is 11.6 Å². The lowest BCUT2D eigenvalue weighted by atomic mass is 9.95. The number of hydrogen-bond acceptors (Lipinski definition) is 3. The maximum Gasteiger partial charge on any atom is 0.260 e. The van der Waals surface area contributed by atoms with Crippen molar-refractivity contribution in [3.8, 4) is 17.0 Å². The molecule has 0 spiro atoms. The lowest BCUT2D eigenvalue weighted by Crippen LogP contribution is -2.36. The number of anilines is 1. The van der Waals surface area contributed by atoms with Gasteiger partial charge in [-0.3, -0.25) is 9.78 Å². The standard InChI is InChI=1S/C24H24N2O2/c1-16-11-14-22(28-3)23-19(16)10-7-15-26(23)24(27)20-12-13-21(25-17(20)2)18-8-5-4-6-9-18/h4-6,8-9,11-14H,7,10,15H2,1-3H3. The number of nitrogens with zero attached hydrogens (tertiary/aromatic N) is 2. The third kappa shape index (κ3) is 3.15. The van der Waals surface area contributed by atoms with Gasteiger partial charge < -0.3 is 9.64 Å². The normalized spacial score (nSPS) is 13.2. The van der Waals surface area contributed by atoms with E-state index in [2.05, 4.69) is 13.0 Å². The number of pyridine rings is 1. The van der Waals surface area contributed by atoms with Gasteiger partial charge in [0.25, 0.3) is 5.91 Å². The average molecular weight is 372 g/mol. The Kier molecular flexibility index (Phi) is 4.86. The summed E-state index contributed by atoms with van der Waals surface area (Å²) >= 11 is 0. The first-order valence-corrected chi connectivity index (χ1v) is 9.61. The molecule has 0 unspecified atom stereocenters. The molecule has 0 saturated heterocycles. The molecule has 2 aromatic carbocycles. The third-order valence-electron chi connectivity index (χ3n) is 5.41. The van der Waals surface area contributed by atoms with E-state index in [4.69, 9.17) is 9.72 Å². The van der Waals surface area contributed by atoms with Gasteiger partial charge in [-0.1, -0.05) is 36.4 Å². The first kappa shape index (κ1) is 18.2. The van der Waals surface area contributed by atoms with Gasteiger partial charge in [0.2, 0.25) is 0 Å². The van der Waals surface area contributed by atoms with Crippen LogP contribution in [-0.4, -0.2) is 24.5 Å². The molecule has 1 amide bonds. The Morgan fingerprint density at radius 1 is 1.04 bits per heavy atom. The van der Waals surface area contributed by atoms with Crippen molar-refractivity contribution in [3.05, 3.63) is 77.0 Å². The minimum atomic E-state index is -0.0190. The van der Waals surface area contributed by atoms with Crippen molar-refractivity contribution < 1.29 is 9.53 Å². The van der Waals surface area contributed by atoms with Gasteiger partial charge in [0.1, 0.15) is 5.75 Å². The second-order valence-corrected chi connectivity index (χ2v) is 7.17. The Hall–Kier alpha value is -3.14. The maximum atomic E-state index is 13.4. The topological polar surface area (TPSA) is 42.4 Å². The molecule has 4 heteroatoms. The number of aromatic nitrogens is 1. The van der Waals surface area contributed by atoms with E-state index in [1.54, 1.807) is 7.11 Å². The molecule has 0 saturated carbocycles. The van der Waals surface area contributed by atoms with E-state index in [0.717, 1.165) is 41.2 Å². The fourth-order valence-electron chi connectivity index (χ4n) is 3.92. The quantitative estimate of drug-likeness (QED) is 0.652. The highest BCUT2D eigenvalue weighted by Crippen LogP contribution is 2.39. The van der Waals surface area contributed by atoms with E-state index in [0.29, 0.717) is 12.1 Å². The molecule has 0 N–H and O–H groups in total. The summed E-state index contributed by atoms with van der Waals surface area (Å²) in [6.45, 7) is 4.68. The van der Waals surface area contributed by atoms with Crippen LogP contribution in [0.1, 0.15) is 33.6 Å². The summed E-state index contributed by atoms with van der Waals surface area (Å²) in [6, 6.07) is 17.8. The number of amides is 1. The highest BCUT2D eigenvalue weighted by molar-refractivity contribution is 6.08. The van der Waals surface area contributed by atoms with Crippen LogP contribution in [-0.2, 0) is 6.42 Å². The molecule has 3 aromatic rings. The van der Waals surface area contributed by atoms with E-state index in [-0.39, 0.29) is 5.91 Å². The first-order chi connectivity index (χ1) is 13.6. The Labute approximate surface area is 165 Å². The van der Waals surface area contributed by atoms with E-state index in [9.17, 15) is 4.79 Å². The molecule has 0 radical (unpaired) electrons. The van der Waals surface area contributed by atoms with Crippen molar-refractivity contribution in [2.75, 3.05) is 18.6 Å². The third-order valence-corrected chi connectivity index (χ3v) is 5.41. The molecular weight excluding hydrogens is 348 g/mol. The van der Waals surface area contributed by atoms with Crippen LogP contribution in [0.25, 0.3) is 11.3 Å². The summed E-state index contributed by atoms with van der Waals surface area (Å²) in [4.78, 5) is 20.0. The van der Waals surface area contributed by atoms with Crippen LogP contribution >= 0.6 is 0 Å². The van der Waals surface area contributed by atoms with Gasteiger partial charge in [0.15, 0.2) is 0 Å². The van der Waals surface area contributed by atoms with E-state index in [1.165, 1.54) is 11.1 Å². The highest BCUT2D eigenvalue weighted by atomic mass is 16.5. The van der Waals surface area contributed by atoms with Gasteiger partial charge in [-0.2, -0.15) is 0 Å². The zero-order valence-electron chi connectivity index (χ0n) is 16.5. The number of benzene rings is 2. The molecule has 1 aromatic heterocycles. The number of aryl methyl sites for hydroxylation is 2. The van der Waals surface area contributed by atoms with Crippen LogP contribution in [0.15, 0.2) is 54.6 Å². The number of hydrogen-bond donors (Lipinski definition) is 0. The van der Waals surface area contributed by atoms with Crippen LogP contribution < -0.4 is 9.64 Å². The average Bonchev–Trinajstić information content (AvgIpc) is 2.74. The summed E-state index contributed by atoms with van der Waals surface area (Å²) in [5, 5.41) is 0. The van der Waals surface area contributed by atoms with Crippen molar-refractivity contribution in [3.63, 3.8) is 0 Å². The second-order valence-electron chi connectivity index (χ2n) is 7.17. The van der Waals surface area contributed by atoms with Gasteiger partial charge in [-0.15, -0.1) is 0 Å². The number of methoxy groups -OCH3 is 1. The van der Waals surface area contributed by atoms with Gasteiger partial charge in [0.05, 0.1) is 29.7 Å². The van der Waals surface area contributed by atoms with Crippen molar-refractivity contribution in [2.24, 2.45) is 0 Å². The van der Waals surface area contributed by atoms with E-state index < -0.39 is 0 Å². The molecule has 4 nitrogen and oxygen atoms in total. The largest absolute Gasteiger partial charge is 0.495 e. The van der Waals surface area contributed by atoms with Crippen LogP contribution in [0, 0.1) is 13.8 Å². The molecule has 1 aliphatic rings. The minimum absolute atomic E-state index is 0.0190. The Bertz CT molecular complexity index is 1030. The smallest absolute Gasteiger partial charge is 0.260 e. The van der Waals surface area contributed by atoms with Crippen molar-refractivity contribution in [1.82, 2.24) is 4.98 Å². The molecule has 0 fully saturated rings. The summed E-state index contributed by atoms with van der Waals surface area (Å²) in [7, 11) is 1.66. The number of carbonyl (C=O) groups is 1. The minimum Gasteiger partial charge on any atom is -0.495 e. The van der Waals surface area contributed by atoms with Crippen LogP contribution in [0.3, 0.4) is 0 Å². The summed E-state index contributed by atoms with van der Waals surface area (Å²) in [5.41, 5.74) is 6.60. The fraction of sp³-hybridized carbons (Fsp3) is 0.250. The van der Waals surface area contributed by atoms with Crippen LogP contribution in [0.2, 0.25) is 0 Å². The number of ether oxygens (including phenoxy) is 1. The second kappa shape index (κ2) is 7.47. The predicted octanol–water partition coefficient (Wildman–Crippen LogP) is 4.97. The first-order valence-electron chi connectivity index (χ1n) is 9.61. The molecule has 0 aliphatic carbocycles. The Balaban J connectivity index is 1.73. The van der Waals surface area contributed by atoms with Crippen molar-refractivity contribution in [2.45, 2.75) is 26.7 Å². The number of rotatable bonds is 3. The zero-order valence-corrected chi connectivity index (χ0v) is 16.5. The van der Waals surface area contributed by atoms with Crippen molar-refractivity contribution in [1.29, 1.82) is 0 Å². The lowest BCUT2D eigenvalue weighted by molar-refractivity contribution is 0.0983. The van der Waals surface area contributed by atoms with E-state index in [1.807, 2.05) is 60.4 Å². The molecule has 28 heavy (non-hydrogen) atoms. The van der Waals surface area contributed by atoms with Gasteiger partial charge in [0, 0.05) is 12.1 Å². The molecule has 1 aliphatic heterocycles. The molecular formula is C24H24N2O2. The van der Waals surface area contributed by atoms with E-state index >= 15 is 0 Å². The molecule has 4 rings (SSSR count). The predicted molar refractivity (Wildman–Crippen MR) is 112 cm³/mol. The van der Waals surface area contributed by atoms with Gasteiger partial charge >= 0.3 is 0 Å². The number of carbonyl (C=O) groups excluding carboxylic acids is 1. The SMILES string of the molecule is COc1ccc(C)c2c1N(C(=O)c1ccc(-c3ccccc3)nc1C)CCC2. The summed E-state index contributed by atoms with van der Waals surface area (Å²) in [6.07, 6.45) is 1.91. The Morgan fingerprint density at radius 2 is 1.82 bits per heavy atom.